The fraction of sp³-hybridized carbons (Fsp3) is 0.600. The molecule has 52 heavy (non-hydrogen) atoms. The number of aliphatic carboxylic acids is 2. The van der Waals surface area contributed by atoms with Gasteiger partial charge in [-0.25, -0.2) is 0 Å². The smallest absolute Gasteiger partial charge is 0.303 e. The van der Waals surface area contributed by atoms with Crippen molar-refractivity contribution in [2.75, 3.05) is 52.9 Å². The summed E-state index contributed by atoms with van der Waals surface area (Å²) in [5, 5.41) is 17.5. The third-order valence-corrected chi connectivity index (χ3v) is 8.56. The molecule has 3 rings (SSSR count). The van der Waals surface area contributed by atoms with Crippen molar-refractivity contribution in [1.29, 1.82) is 0 Å². The van der Waals surface area contributed by atoms with E-state index in [1.807, 2.05) is 0 Å². The van der Waals surface area contributed by atoms with Gasteiger partial charge in [0, 0.05) is 36.8 Å². The van der Waals surface area contributed by atoms with Crippen LogP contribution in [0.25, 0.3) is 0 Å². The molecule has 0 atom stereocenters. The van der Waals surface area contributed by atoms with Gasteiger partial charge in [0.05, 0.1) is 26.4 Å². The lowest BCUT2D eigenvalue weighted by Crippen LogP contribution is -2.16. The Hall–Kier alpha value is -4.16. The average Bonchev–Trinajstić information content (AvgIpc) is 3.12. The van der Waals surface area contributed by atoms with Gasteiger partial charge in [-0.2, -0.15) is 0 Å². The minimum Gasteiger partial charge on any atom is -0.487 e. The number of ketones is 2. The molecule has 0 aromatic heterocycles. The number of carbonyl (C=O) groups is 4. The molecule has 0 bridgehead atoms. The molecule has 0 fully saturated rings. The van der Waals surface area contributed by atoms with Crippen LogP contribution in [0.5, 0.6) is 23.0 Å². The molecule has 288 valence electrons. The van der Waals surface area contributed by atoms with E-state index in [4.69, 9.17) is 38.6 Å². The number of Topliss-reactive ketones (excluding diaryl/α,β-unsaturated/α-hetero) is 2. The molecule has 0 aliphatic carbocycles. The number of unbranched alkanes of at least 4 members (excludes halogenated alkanes) is 10. The number of carboxylic acid groups (broad SMARTS) is 2. The van der Waals surface area contributed by atoms with Gasteiger partial charge in [-0.3, -0.25) is 19.2 Å². The number of hydrogen-bond acceptors (Lipinski definition) is 10. The maximum absolute atomic E-state index is 12.9. The first kappa shape index (κ1) is 42.3. The van der Waals surface area contributed by atoms with E-state index in [1.54, 1.807) is 36.4 Å². The summed E-state index contributed by atoms with van der Waals surface area (Å²) in [6, 6.07) is 10.4. The van der Waals surface area contributed by atoms with Crippen molar-refractivity contribution in [2.24, 2.45) is 0 Å². The van der Waals surface area contributed by atoms with E-state index in [1.165, 1.54) is 0 Å². The van der Waals surface area contributed by atoms with Crippen molar-refractivity contribution in [2.45, 2.75) is 103 Å². The monoisotopic (exact) mass is 728 g/mol. The zero-order valence-corrected chi connectivity index (χ0v) is 30.4. The normalized spacial score (nSPS) is 14.2. The zero-order valence-electron chi connectivity index (χ0n) is 30.4. The van der Waals surface area contributed by atoms with Crippen LogP contribution >= 0.6 is 0 Å². The Morgan fingerprint density at radius 1 is 0.404 bits per heavy atom. The minimum atomic E-state index is -0.762. The van der Waals surface area contributed by atoms with Crippen LogP contribution in [0.3, 0.4) is 0 Å². The molecule has 0 saturated heterocycles. The quantitative estimate of drug-likeness (QED) is 0.101. The van der Waals surface area contributed by atoms with Gasteiger partial charge in [0.25, 0.3) is 0 Å². The Morgan fingerprint density at radius 3 is 1.06 bits per heavy atom. The molecular formula is C40H56O12. The summed E-state index contributed by atoms with van der Waals surface area (Å²) >= 11 is 0. The summed E-state index contributed by atoms with van der Waals surface area (Å²) in [5.74, 6) is 0.459. The van der Waals surface area contributed by atoms with Crippen molar-refractivity contribution < 1.29 is 57.8 Å². The van der Waals surface area contributed by atoms with Gasteiger partial charge in [-0.05, 0) is 62.1 Å². The topological polar surface area (TPSA) is 164 Å². The second-order valence-corrected chi connectivity index (χ2v) is 12.8. The van der Waals surface area contributed by atoms with Crippen LogP contribution in [-0.4, -0.2) is 86.6 Å². The lowest BCUT2D eigenvalue weighted by molar-refractivity contribution is -0.138. The Balaban J connectivity index is 1.46. The van der Waals surface area contributed by atoms with Crippen LogP contribution in [0.15, 0.2) is 36.4 Å². The van der Waals surface area contributed by atoms with Gasteiger partial charge in [0.2, 0.25) is 0 Å². The summed E-state index contributed by atoms with van der Waals surface area (Å²) in [4.78, 5) is 47.1. The summed E-state index contributed by atoms with van der Waals surface area (Å²) in [5.41, 5.74) is 1.10. The Kier molecular flexibility index (Phi) is 20.9. The molecule has 0 spiro atoms. The van der Waals surface area contributed by atoms with E-state index in [0.717, 1.165) is 64.2 Å². The molecule has 1 heterocycles. The molecule has 0 radical (unpaired) electrons. The first-order valence-electron chi connectivity index (χ1n) is 18.8. The molecule has 0 unspecified atom stereocenters. The van der Waals surface area contributed by atoms with E-state index in [0.29, 0.717) is 73.0 Å². The lowest BCUT2D eigenvalue weighted by Gasteiger charge is -2.16. The number of benzene rings is 2. The molecule has 0 saturated carbocycles. The predicted molar refractivity (Wildman–Crippen MR) is 194 cm³/mol. The van der Waals surface area contributed by atoms with Gasteiger partial charge < -0.3 is 38.6 Å². The maximum Gasteiger partial charge on any atom is 0.303 e. The van der Waals surface area contributed by atoms with Crippen molar-refractivity contribution in [1.82, 2.24) is 0 Å². The standard InChI is InChI=1S/C40H56O12/c41-33(13-9-5-1-3-7-11-15-39(43)44)31-17-19-35-37(29-31)51-27-23-48-24-28-52-38-30-32(18-20-36(38)50-26-22-47-21-25-49-35)34(42)14-10-6-2-4-8-12-16-40(45)46/h17-20,29-30H,1-16,21-28H2,(H,43,44)(H,45,46). The summed E-state index contributed by atoms with van der Waals surface area (Å²) in [7, 11) is 0. The summed E-state index contributed by atoms with van der Waals surface area (Å²) < 4.78 is 35.3. The third-order valence-electron chi connectivity index (χ3n) is 8.56. The molecule has 2 aromatic rings. The van der Waals surface area contributed by atoms with Gasteiger partial charge >= 0.3 is 11.9 Å². The van der Waals surface area contributed by atoms with Crippen LogP contribution < -0.4 is 18.9 Å². The van der Waals surface area contributed by atoms with Gasteiger partial charge in [0.15, 0.2) is 34.6 Å². The van der Waals surface area contributed by atoms with Crippen LogP contribution in [0.1, 0.15) is 123 Å². The van der Waals surface area contributed by atoms with E-state index < -0.39 is 11.9 Å². The SMILES string of the molecule is O=C(O)CCCCCCCCC(=O)c1ccc2c(c1)OCCOCCOc1cc(C(=O)CCCCCCCCC(=O)O)ccc1OCCOCCO2. The van der Waals surface area contributed by atoms with E-state index in [9.17, 15) is 19.2 Å². The van der Waals surface area contributed by atoms with Gasteiger partial charge in [-0.1, -0.05) is 51.4 Å². The van der Waals surface area contributed by atoms with Crippen LogP contribution in [0.4, 0.5) is 0 Å². The summed E-state index contributed by atoms with van der Waals surface area (Å²) in [6.45, 7) is 2.16. The van der Waals surface area contributed by atoms with Crippen molar-refractivity contribution >= 4 is 23.5 Å². The second kappa shape index (κ2) is 25.7. The Bertz CT molecular complexity index is 1270. The number of carbonyl (C=O) groups excluding carboxylic acids is 2. The van der Waals surface area contributed by atoms with Crippen LogP contribution in [0, 0.1) is 0 Å². The van der Waals surface area contributed by atoms with E-state index >= 15 is 0 Å². The molecule has 2 aromatic carbocycles. The molecule has 2 N–H and O–H groups in total. The molecule has 12 nitrogen and oxygen atoms in total. The van der Waals surface area contributed by atoms with Crippen molar-refractivity contribution in [3.05, 3.63) is 47.5 Å². The molecule has 1 aliphatic heterocycles. The highest BCUT2D eigenvalue weighted by molar-refractivity contribution is 5.97. The highest BCUT2D eigenvalue weighted by atomic mass is 16.6. The third kappa shape index (κ3) is 17.9. The number of hydrogen-bond donors (Lipinski definition) is 2. The van der Waals surface area contributed by atoms with E-state index in [2.05, 4.69) is 0 Å². The molecule has 12 heteroatoms. The predicted octanol–water partition coefficient (Wildman–Crippen LogP) is 7.73. The second-order valence-electron chi connectivity index (χ2n) is 12.8. The Morgan fingerprint density at radius 2 is 0.712 bits per heavy atom. The first-order valence-corrected chi connectivity index (χ1v) is 18.8. The van der Waals surface area contributed by atoms with Crippen molar-refractivity contribution in [3.63, 3.8) is 0 Å². The summed E-state index contributed by atoms with van der Waals surface area (Å²) in [6.07, 6.45) is 11.7. The number of fused-ring (bicyclic) bond motifs is 2. The lowest BCUT2D eigenvalue weighted by atomic mass is 10.0. The number of carboxylic acids is 2. The number of ether oxygens (including phenoxy) is 6. The van der Waals surface area contributed by atoms with Gasteiger partial charge in [0.1, 0.15) is 26.4 Å². The highest BCUT2D eigenvalue weighted by Crippen LogP contribution is 2.31. The largest absolute Gasteiger partial charge is 0.487 e. The van der Waals surface area contributed by atoms with Gasteiger partial charge in [-0.15, -0.1) is 0 Å². The average molecular weight is 729 g/mol. The first-order chi connectivity index (χ1) is 25.3. The van der Waals surface area contributed by atoms with Crippen molar-refractivity contribution in [3.8, 4) is 23.0 Å². The molecule has 1 aliphatic rings. The maximum atomic E-state index is 12.9. The van der Waals surface area contributed by atoms with Crippen LogP contribution in [0.2, 0.25) is 0 Å². The zero-order chi connectivity index (χ0) is 37.2. The minimum absolute atomic E-state index is 0.0281. The highest BCUT2D eigenvalue weighted by Gasteiger charge is 2.15. The molecule has 0 amide bonds. The Labute approximate surface area is 307 Å². The fourth-order valence-electron chi connectivity index (χ4n) is 5.70. The number of rotatable bonds is 20. The van der Waals surface area contributed by atoms with Crippen LogP contribution in [-0.2, 0) is 19.1 Å². The van der Waals surface area contributed by atoms with E-state index in [-0.39, 0.29) is 64.0 Å². The molecular weight excluding hydrogens is 672 g/mol. The fourth-order valence-corrected chi connectivity index (χ4v) is 5.70.